The Bertz CT molecular complexity index is 358. The molecule has 16 heavy (non-hydrogen) atoms. The molecule has 0 amide bonds. The lowest BCUT2D eigenvalue weighted by Gasteiger charge is -2.05. The van der Waals surface area contributed by atoms with Crippen LogP contribution in [0, 0.1) is 6.07 Å². The van der Waals surface area contributed by atoms with Gasteiger partial charge < -0.3 is 0 Å². The second kappa shape index (κ2) is 6.05. The molecule has 2 aromatic carbocycles. The van der Waals surface area contributed by atoms with Gasteiger partial charge in [-0.05, 0) is 17.2 Å². The van der Waals surface area contributed by atoms with Crippen LogP contribution in [0.3, 0.4) is 0 Å². The van der Waals surface area contributed by atoms with Gasteiger partial charge in [0.25, 0.3) is 0 Å². The van der Waals surface area contributed by atoms with Crippen molar-refractivity contribution in [3.05, 3.63) is 71.8 Å². The van der Waals surface area contributed by atoms with Crippen molar-refractivity contribution in [2.75, 3.05) is 0 Å². The van der Waals surface area contributed by atoms with Crippen LogP contribution < -0.4 is 5.48 Å². The van der Waals surface area contributed by atoms with Crippen LogP contribution in [0.5, 0.6) is 0 Å². The second-order valence-electron chi connectivity index (χ2n) is 3.48. The monoisotopic (exact) mass is 212 g/mol. The van der Waals surface area contributed by atoms with Crippen LogP contribution >= 0.6 is 0 Å². The third kappa shape index (κ3) is 3.50. The maximum atomic E-state index is 5.35. The van der Waals surface area contributed by atoms with Gasteiger partial charge in [-0.25, -0.2) is 0 Å². The minimum atomic E-state index is 0.577. The summed E-state index contributed by atoms with van der Waals surface area (Å²) in [6, 6.07) is 21.1. The van der Waals surface area contributed by atoms with Gasteiger partial charge in [-0.2, -0.15) is 5.48 Å². The number of hydroxylamine groups is 1. The Labute approximate surface area is 95.8 Å². The van der Waals surface area contributed by atoms with Gasteiger partial charge in [0, 0.05) is 6.54 Å². The van der Waals surface area contributed by atoms with Crippen molar-refractivity contribution in [3.8, 4) is 0 Å². The molecule has 0 bridgehead atoms. The number of hydrogen-bond acceptors (Lipinski definition) is 2. The van der Waals surface area contributed by atoms with E-state index in [0.29, 0.717) is 13.2 Å². The first-order valence-corrected chi connectivity index (χ1v) is 5.29. The number of rotatable bonds is 5. The predicted molar refractivity (Wildman–Crippen MR) is 63.3 cm³/mol. The lowest BCUT2D eigenvalue weighted by molar-refractivity contribution is 0.0235. The molecule has 1 N–H and O–H groups in total. The third-order valence-corrected chi connectivity index (χ3v) is 2.22. The third-order valence-electron chi connectivity index (χ3n) is 2.22. The smallest absolute Gasteiger partial charge is 0.0933 e. The summed E-state index contributed by atoms with van der Waals surface area (Å²) in [5.41, 5.74) is 5.17. The van der Waals surface area contributed by atoms with Gasteiger partial charge in [-0.15, -0.1) is 0 Å². The van der Waals surface area contributed by atoms with Crippen molar-refractivity contribution >= 4 is 0 Å². The lowest BCUT2D eigenvalue weighted by Crippen LogP contribution is -2.13. The Morgan fingerprint density at radius 1 is 1.00 bits per heavy atom. The lowest BCUT2D eigenvalue weighted by atomic mass is 10.2. The van der Waals surface area contributed by atoms with Crippen molar-refractivity contribution in [2.24, 2.45) is 0 Å². The molecular weight excluding hydrogens is 198 g/mol. The first-order chi connectivity index (χ1) is 7.95. The molecule has 2 aromatic rings. The van der Waals surface area contributed by atoms with E-state index < -0.39 is 0 Å². The fraction of sp³-hybridized carbons (Fsp3) is 0.143. The van der Waals surface area contributed by atoms with Gasteiger partial charge in [-0.1, -0.05) is 54.6 Å². The number of hydrogen-bond donors (Lipinski definition) is 1. The largest absolute Gasteiger partial charge is 0.297 e. The summed E-state index contributed by atoms with van der Waals surface area (Å²) < 4.78 is 0. The summed E-state index contributed by atoms with van der Waals surface area (Å²) >= 11 is 0. The van der Waals surface area contributed by atoms with Crippen molar-refractivity contribution in [1.82, 2.24) is 5.48 Å². The molecule has 1 radical (unpaired) electrons. The van der Waals surface area contributed by atoms with Gasteiger partial charge >= 0.3 is 0 Å². The normalized spacial score (nSPS) is 10.2. The highest BCUT2D eigenvalue weighted by molar-refractivity contribution is 5.14. The van der Waals surface area contributed by atoms with Crippen LogP contribution in [-0.2, 0) is 18.0 Å². The molecular formula is C14H14NO. The zero-order chi connectivity index (χ0) is 11.1. The predicted octanol–water partition coefficient (Wildman–Crippen LogP) is 2.71. The van der Waals surface area contributed by atoms with E-state index >= 15 is 0 Å². The summed E-state index contributed by atoms with van der Waals surface area (Å²) in [6.45, 7) is 1.25. The van der Waals surface area contributed by atoms with E-state index in [-0.39, 0.29) is 0 Å². The molecule has 2 nitrogen and oxygen atoms in total. The molecule has 0 saturated heterocycles. The summed E-state index contributed by atoms with van der Waals surface area (Å²) in [4.78, 5) is 5.35. The highest BCUT2D eigenvalue weighted by Gasteiger charge is 1.93. The van der Waals surface area contributed by atoms with Crippen LogP contribution in [0.25, 0.3) is 0 Å². The molecule has 2 rings (SSSR count). The van der Waals surface area contributed by atoms with Crippen molar-refractivity contribution in [1.29, 1.82) is 0 Å². The van der Waals surface area contributed by atoms with Crippen molar-refractivity contribution in [3.63, 3.8) is 0 Å². The van der Waals surface area contributed by atoms with Gasteiger partial charge in [0.05, 0.1) is 6.61 Å². The summed E-state index contributed by atoms with van der Waals surface area (Å²) in [6.07, 6.45) is 0. The SMILES string of the molecule is [c]1ccccc1CNOCc1ccccc1. The molecule has 0 aromatic heterocycles. The van der Waals surface area contributed by atoms with Gasteiger partial charge in [-0.3, -0.25) is 4.84 Å². The molecule has 2 heteroatoms. The molecule has 0 spiro atoms. The van der Waals surface area contributed by atoms with Crippen LogP contribution in [0.15, 0.2) is 54.6 Å². The molecule has 0 atom stereocenters. The Morgan fingerprint density at radius 2 is 1.81 bits per heavy atom. The Kier molecular flexibility index (Phi) is 4.11. The topological polar surface area (TPSA) is 21.3 Å². The van der Waals surface area contributed by atoms with Crippen molar-refractivity contribution < 1.29 is 4.84 Å². The highest BCUT2D eigenvalue weighted by Crippen LogP contribution is 2.00. The first kappa shape index (κ1) is 10.9. The van der Waals surface area contributed by atoms with E-state index in [1.54, 1.807) is 0 Å². The zero-order valence-corrected chi connectivity index (χ0v) is 9.02. The molecule has 0 heterocycles. The first-order valence-electron chi connectivity index (χ1n) is 5.29. The molecule has 0 aliphatic carbocycles. The maximum absolute atomic E-state index is 5.35. The Hall–Kier alpha value is -1.64. The number of benzene rings is 2. The minimum Gasteiger partial charge on any atom is -0.297 e. The van der Waals surface area contributed by atoms with Crippen LogP contribution in [-0.4, -0.2) is 0 Å². The molecule has 81 valence electrons. The van der Waals surface area contributed by atoms with E-state index in [9.17, 15) is 0 Å². The molecule has 0 saturated carbocycles. The fourth-order valence-electron chi connectivity index (χ4n) is 1.38. The summed E-state index contributed by atoms with van der Waals surface area (Å²) in [7, 11) is 0. The highest BCUT2D eigenvalue weighted by atomic mass is 16.6. The van der Waals surface area contributed by atoms with E-state index in [1.165, 1.54) is 0 Å². The van der Waals surface area contributed by atoms with Gasteiger partial charge in [0.2, 0.25) is 0 Å². The fourth-order valence-corrected chi connectivity index (χ4v) is 1.38. The average Bonchev–Trinajstić information content (AvgIpc) is 2.37. The molecule has 0 aliphatic rings. The molecule has 0 aliphatic heterocycles. The van der Waals surface area contributed by atoms with E-state index in [0.717, 1.165) is 11.1 Å². The van der Waals surface area contributed by atoms with Crippen LogP contribution in [0.4, 0.5) is 0 Å². The number of nitrogens with one attached hydrogen (secondary N) is 1. The van der Waals surface area contributed by atoms with Gasteiger partial charge in [0.1, 0.15) is 0 Å². The minimum absolute atomic E-state index is 0.577. The van der Waals surface area contributed by atoms with E-state index in [4.69, 9.17) is 4.84 Å². The standard InChI is InChI=1S/C14H14NO/c1-3-7-13(8-4-1)11-15-16-12-14-9-5-2-6-10-14/h1-7,9-10,15H,11-12H2. The summed E-state index contributed by atoms with van der Waals surface area (Å²) in [5, 5.41) is 0. The van der Waals surface area contributed by atoms with Gasteiger partial charge in [0.15, 0.2) is 0 Å². The van der Waals surface area contributed by atoms with Crippen LogP contribution in [0.2, 0.25) is 0 Å². The zero-order valence-electron chi connectivity index (χ0n) is 9.02. The second-order valence-corrected chi connectivity index (χ2v) is 3.48. The van der Waals surface area contributed by atoms with E-state index in [1.807, 2.05) is 54.6 Å². The van der Waals surface area contributed by atoms with E-state index in [2.05, 4.69) is 11.5 Å². The Balaban J connectivity index is 1.70. The molecule has 0 fully saturated rings. The van der Waals surface area contributed by atoms with Crippen molar-refractivity contribution in [2.45, 2.75) is 13.2 Å². The maximum Gasteiger partial charge on any atom is 0.0933 e. The molecule has 0 unspecified atom stereocenters. The quantitative estimate of drug-likeness (QED) is 0.607. The van der Waals surface area contributed by atoms with Crippen LogP contribution in [0.1, 0.15) is 11.1 Å². The average molecular weight is 212 g/mol. The summed E-state index contributed by atoms with van der Waals surface area (Å²) in [5.74, 6) is 0. The Morgan fingerprint density at radius 3 is 2.56 bits per heavy atom.